The normalized spacial score (nSPS) is 15.2. The van der Waals surface area contributed by atoms with E-state index in [0.717, 1.165) is 25.7 Å². The zero-order valence-corrected chi connectivity index (χ0v) is 24.1. The van der Waals surface area contributed by atoms with Gasteiger partial charge in [-0.15, -0.1) is 0 Å². The third kappa shape index (κ3) is 11.8. The van der Waals surface area contributed by atoms with Crippen LogP contribution >= 0.6 is 12.2 Å². The molecule has 1 aromatic rings. The van der Waals surface area contributed by atoms with Gasteiger partial charge in [-0.3, -0.25) is 19.7 Å². The van der Waals surface area contributed by atoms with E-state index in [9.17, 15) is 14.4 Å². The van der Waals surface area contributed by atoms with Gasteiger partial charge in [0.05, 0.1) is 19.6 Å². The van der Waals surface area contributed by atoms with E-state index in [1.807, 2.05) is 0 Å². The number of hydrogen-bond acceptors (Lipinski definition) is 6. The number of benzene rings is 1. The van der Waals surface area contributed by atoms with Gasteiger partial charge >= 0.3 is 5.97 Å². The Hall–Kier alpha value is -2.68. The second kappa shape index (κ2) is 17.8. The Balaban J connectivity index is 1.82. The van der Waals surface area contributed by atoms with Gasteiger partial charge in [0.25, 0.3) is 5.91 Å². The number of nitrogens with one attached hydrogen (secondary N) is 2. The molecule has 1 heterocycles. The van der Waals surface area contributed by atoms with Gasteiger partial charge in [0.2, 0.25) is 5.91 Å². The fourth-order valence-electron chi connectivity index (χ4n) is 4.18. The largest absolute Gasteiger partial charge is 0.494 e. The number of carbonyl (C=O) groups is 3. The van der Waals surface area contributed by atoms with Crippen molar-refractivity contribution in [3.8, 4) is 5.75 Å². The van der Waals surface area contributed by atoms with E-state index in [2.05, 4.69) is 31.4 Å². The Morgan fingerprint density at radius 2 is 1.82 bits per heavy atom. The lowest BCUT2D eigenvalue weighted by atomic mass is 10.1. The molecule has 8 nitrogen and oxygen atoms in total. The summed E-state index contributed by atoms with van der Waals surface area (Å²) in [4.78, 5) is 39.5. The van der Waals surface area contributed by atoms with Gasteiger partial charge in [-0.2, -0.15) is 0 Å². The molecule has 9 heteroatoms. The van der Waals surface area contributed by atoms with E-state index in [1.54, 1.807) is 29.2 Å². The summed E-state index contributed by atoms with van der Waals surface area (Å²) in [5.41, 5.74) is 0.400. The average molecular weight is 548 g/mol. The molecule has 0 aliphatic carbocycles. The van der Waals surface area contributed by atoms with Crippen molar-refractivity contribution in [3.63, 3.8) is 0 Å². The van der Waals surface area contributed by atoms with Crippen molar-refractivity contribution in [2.75, 3.05) is 26.3 Å². The number of piperazine rings is 1. The maximum Gasteiger partial charge on any atom is 0.308 e. The Morgan fingerprint density at radius 3 is 2.53 bits per heavy atom. The SMILES string of the molecule is CCCCCCCCCCOC(=O)CC1C(=O)NCCN1C(=S)NC(=O)c1cccc(OCCC(C)C)c1. The van der Waals surface area contributed by atoms with Crippen LogP contribution in [0.25, 0.3) is 0 Å². The lowest BCUT2D eigenvalue weighted by Crippen LogP contribution is -2.60. The van der Waals surface area contributed by atoms with E-state index >= 15 is 0 Å². The summed E-state index contributed by atoms with van der Waals surface area (Å²) < 4.78 is 11.1. The average Bonchev–Trinajstić information content (AvgIpc) is 2.88. The number of unbranched alkanes of at least 4 members (excludes halogenated alkanes) is 7. The highest BCUT2D eigenvalue weighted by molar-refractivity contribution is 7.80. The summed E-state index contributed by atoms with van der Waals surface area (Å²) in [5.74, 6) is -0.0151. The van der Waals surface area contributed by atoms with Crippen LogP contribution in [-0.4, -0.2) is 60.1 Å². The zero-order chi connectivity index (χ0) is 27.8. The number of esters is 1. The van der Waals surface area contributed by atoms with Crippen LogP contribution in [0.15, 0.2) is 24.3 Å². The molecule has 38 heavy (non-hydrogen) atoms. The van der Waals surface area contributed by atoms with Crippen molar-refractivity contribution in [2.45, 2.75) is 91.0 Å². The first-order chi connectivity index (χ1) is 18.3. The molecule has 1 aliphatic heterocycles. The van der Waals surface area contributed by atoms with Crippen molar-refractivity contribution >= 4 is 35.1 Å². The highest BCUT2D eigenvalue weighted by Gasteiger charge is 2.34. The molecule has 1 aliphatic rings. The molecule has 1 atom stereocenters. The molecular weight excluding hydrogens is 502 g/mol. The van der Waals surface area contributed by atoms with Crippen LogP contribution in [0, 0.1) is 5.92 Å². The number of amides is 2. The molecule has 0 bridgehead atoms. The first kappa shape index (κ1) is 31.5. The van der Waals surface area contributed by atoms with E-state index in [1.165, 1.54) is 32.1 Å². The van der Waals surface area contributed by atoms with Crippen LogP contribution in [-0.2, 0) is 14.3 Å². The van der Waals surface area contributed by atoms with Crippen molar-refractivity contribution in [1.29, 1.82) is 0 Å². The Morgan fingerprint density at radius 1 is 1.11 bits per heavy atom. The van der Waals surface area contributed by atoms with Gasteiger partial charge in [0, 0.05) is 18.7 Å². The second-order valence-corrected chi connectivity index (χ2v) is 10.6. The van der Waals surface area contributed by atoms with Crippen molar-refractivity contribution in [3.05, 3.63) is 29.8 Å². The first-order valence-corrected chi connectivity index (χ1v) is 14.5. The van der Waals surface area contributed by atoms with Crippen molar-refractivity contribution in [2.24, 2.45) is 5.92 Å². The Bertz CT molecular complexity index is 908. The number of ether oxygens (including phenoxy) is 2. The van der Waals surface area contributed by atoms with E-state index in [-0.39, 0.29) is 17.4 Å². The van der Waals surface area contributed by atoms with Gasteiger partial charge in [-0.25, -0.2) is 0 Å². The summed E-state index contributed by atoms with van der Waals surface area (Å²) in [6.07, 6.45) is 10.1. The molecule has 2 rings (SSSR count). The fraction of sp³-hybridized carbons (Fsp3) is 0.655. The topological polar surface area (TPSA) is 97.0 Å². The molecule has 1 fully saturated rings. The third-order valence-electron chi connectivity index (χ3n) is 6.49. The number of thiocarbonyl (C=S) groups is 1. The first-order valence-electron chi connectivity index (χ1n) is 14.1. The standard InChI is InChI=1S/C29H45N3O5S/c1-4-5-6-7-8-9-10-11-18-37-26(33)21-25-28(35)30-16-17-32(25)29(38)31-27(34)23-13-12-14-24(20-23)36-19-15-22(2)3/h12-14,20,22,25H,4-11,15-19,21H2,1-3H3,(H,30,35)(H,31,34,38). The number of hydrogen-bond donors (Lipinski definition) is 2. The van der Waals surface area contributed by atoms with E-state index < -0.39 is 17.9 Å². The predicted molar refractivity (Wildman–Crippen MR) is 153 cm³/mol. The molecular formula is C29H45N3O5S. The monoisotopic (exact) mass is 547 g/mol. The molecule has 0 saturated carbocycles. The van der Waals surface area contributed by atoms with Crippen LogP contribution in [0.2, 0.25) is 0 Å². The molecule has 2 amide bonds. The van der Waals surface area contributed by atoms with Crippen LogP contribution in [0.4, 0.5) is 0 Å². The van der Waals surface area contributed by atoms with E-state index in [4.69, 9.17) is 21.7 Å². The predicted octanol–water partition coefficient (Wildman–Crippen LogP) is 5.00. The summed E-state index contributed by atoms with van der Waals surface area (Å²) in [7, 11) is 0. The lowest BCUT2D eigenvalue weighted by Gasteiger charge is -2.36. The molecule has 0 radical (unpaired) electrons. The number of nitrogens with zero attached hydrogens (tertiary/aromatic N) is 1. The number of rotatable bonds is 16. The van der Waals surface area contributed by atoms with Gasteiger partial charge in [-0.1, -0.05) is 71.8 Å². The molecule has 212 valence electrons. The third-order valence-corrected chi connectivity index (χ3v) is 6.83. The molecule has 0 aromatic heterocycles. The van der Waals surface area contributed by atoms with Gasteiger partial charge in [0.15, 0.2) is 5.11 Å². The minimum absolute atomic E-state index is 0.108. The smallest absolute Gasteiger partial charge is 0.308 e. The quantitative estimate of drug-likeness (QED) is 0.171. The van der Waals surface area contributed by atoms with Crippen LogP contribution in [0.5, 0.6) is 5.75 Å². The van der Waals surface area contributed by atoms with Gasteiger partial charge < -0.3 is 19.7 Å². The highest BCUT2D eigenvalue weighted by atomic mass is 32.1. The van der Waals surface area contributed by atoms with Crippen LogP contribution in [0.1, 0.15) is 95.3 Å². The minimum atomic E-state index is -0.826. The summed E-state index contributed by atoms with van der Waals surface area (Å²) in [5, 5.41) is 5.58. The van der Waals surface area contributed by atoms with Gasteiger partial charge in [0.1, 0.15) is 11.8 Å². The lowest BCUT2D eigenvalue weighted by molar-refractivity contribution is -0.147. The number of carbonyl (C=O) groups excluding carboxylic acids is 3. The van der Waals surface area contributed by atoms with Crippen molar-refractivity contribution in [1.82, 2.24) is 15.5 Å². The molecule has 1 saturated heterocycles. The molecule has 0 spiro atoms. The fourth-order valence-corrected chi connectivity index (χ4v) is 4.49. The maximum atomic E-state index is 12.9. The van der Waals surface area contributed by atoms with Crippen LogP contribution < -0.4 is 15.4 Å². The van der Waals surface area contributed by atoms with Gasteiger partial charge in [-0.05, 0) is 49.2 Å². The Labute approximate surface area is 233 Å². The molecule has 2 N–H and O–H groups in total. The summed E-state index contributed by atoms with van der Waals surface area (Å²) in [6.45, 7) is 8.13. The summed E-state index contributed by atoms with van der Waals surface area (Å²) in [6, 6.07) is 6.08. The summed E-state index contributed by atoms with van der Waals surface area (Å²) >= 11 is 5.47. The second-order valence-electron chi connectivity index (χ2n) is 10.2. The van der Waals surface area contributed by atoms with E-state index in [0.29, 0.717) is 43.5 Å². The molecule has 1 aromatic carbocycles. The Kier molecular flexibility index (Phi) is 14.7. The maximum absolute atomic E-state index is 12.9. The minimum Gasteiger partial charge on any atom is -0.494 e. The van der Waals surface area contributed by atoms with Crippen LogP contribution in [0.3, 0.4) is 0 Å². The molecule has 1 unspecified atom stereocenters. The highest BCUT2D eigenvalue weighted by Crippen LogP contribution is 2.16. The van der Waals surface area contributed by atoms with Crippen molar-refractivity contribution < 1.29 is 23.9 Å². The zero-order valence-electron chi connectivity index (χ0n) is 23.3.